The van der Waals surface area contributed by atoms with Gasteiger partial charge in [-0.25, -0.2) is 0 Å². The van der Waals surface area contributed by atoms with Crippen LogP contribution in [0.3, 0.4) is 0 Å². The second kappa shape index (κ2) is 6.33. The van der Waals surface area contributed by atoms with Crippen molar-refractivity contribution in [1.29, 1.82) is 0 Å². The van der Waals surface area contributed by atoms with E-state index in [-0.39, 0.29) is 11.5 Å². The molecule has 1 aromatic carbocycles. The number of ether oxygens (including phenoxy) is 1. The van der Waals surface area contributed by atoms with Crippen LogP contribution in [0.15, 0.2) is 30.3 Å². The van der Waals surface area contributed by atoms with E-state index in [1.165, 1.54) is 5.56 Å². The lowest BCUT2D eigenvalue weighted by Crippen LogP contribution is -2.54. The molecule has 104 valence electrons. The average molecular weight is 260 g/mol. The molecule has 0 spiro atoms. The molecule has 1 atom stereocenters. The van der Waals surface area contributed by atoms with Gasteiger partial charge in [0.1, 0.15) is 5.78 Å². The maximum absolute atomic E-state index is 11.8. The van der Waals surface area contributed by atoms with E-state index in [4.69, 9.17) is 4.74 Å². The van der Waals surface area contributed by atoms with Crippen LogP contribution in [0.5, 0.6) is 0 Å². The van der Waals surface area contributed by atoms with Crippen molar-refractivity contribution >= 4 is 5.78 Å². The van der Waals surface area contributed by atoms with Crippen LogP contribution in [0.25, 0.3) is 0 Å². The van der Waals surface area contributed by atoms with Crippen LogP contribution in [-0.2, 0) is 16.0 Å². The number of carbonyl (C=O) groups excluding carboxylic acids is 1. The smallest absolute Gasteiger partial charge is 0.144 e. The van der Waals surface area contributed by atoms with Crippen molar-refractivity contribution in [2.45, 2.75) is 52.1 Å². The molecule has 1 fully saturated rings. The van der Waals surface area contributed by atoms with Crippen molar-refractivity contribution < 1.29 is 9.53 Å². The molecule has 0 N–H and O–H groups in total. The molecule has 0 saturated heterocycles. The first-order chi connectivity index (χ1) is 9.23. The minimum atomic E-state index is -0.174. The van der Waals surface area contributed by atoms with Crippen molar-refractivity contribution in [3.8, 4) is 0 Å². The summed E-state index contributed by atoms with van der Waals surface area (Å²) in [6.45, 7) is 4.95. The fraction of sp³-hybridized carbons (Fsp3) is 0.588. The van der Waals surface area contributed by atoms with Crippen molar-refractivity contribution in [2.75, 3.05) is 6.61 Å². The van der Waals surface area contributed by atoms with Gasteiger partial charge in [0.2, 0.25) is 0 Å². The van der Waals surface area contributed by atoms with Gasteiger partial charge in [-0.3, -0.25) is 4.79 Å². The van der Waals surface area contributed by atoms with Crippen LogP contribution in [0, 0.1) is 5.41 Å². The maximum atomic E-state index is 11.8. The lowest BCUT2D eigenvalue weighted by molar-refractivity contribution is -0.165. The number of Topliss-reactive ketones (excluding diaryl/α,β-unsaturated/α-hetero) is 1. The third-order valence-electron chi connectivity index (χ3n) is 4.58. The Hall–Kier alpha value is -1.15. The molecule has 0 heterocycles. The number of ketones is 1. The number of hydrogen-bond acceptors (Lipinski definition) is 2. The summed E-state index contributed by atoms with van der Waals surface area (Å²) in [5.41, 5.74) is 1.18. The van der Waals surface area contributed by atoms with E-state index in [0.29, 0.717) is 12.2 Å². The lowest BCUT2D eigenvalue weighted by Gasteiger charge is -2.46. The normalized spacial score (nSPS) is 21.2. The Labute approximate surface area is 116 Å². The molecular weight excluding hydrogens is 236 g/mol. The van der Waals surface area contributed by atoms with Crippen molar-refractivity contribution in [3.05, 3.63) is 35.9 Å². The Morgan fingerprint density at radius 3 is 2.47 bits per heavy atom. The van der Waals surface area contributed by atoms with Gasteiger partial charge in [0.15, 0.2) is 0 Å². The standard InChI is InChI=1S/C17H24O2/c1-3-17(4-2)15(18)13-16(17)19-12-8-11-14-9-6-5-7-10-14/h5-7,9-10,16H,3-4,8,11-13H2,1-2H3. The van der Waals surface area contributed by atoms with Gasteiger partial charge >= 0.3 is 0 Å². The molecule has 0 aliphatic heterocycles. The van der Waals surface area contributed by atoms with Gasteiger partial charge in [-0.2, -0.15) is 0 Å². The Kier molecular flexibility index (Phi) is 4.76. The average Bonchev–Trinajstić information content (AvgIpc) is 2.45. The zero-order valence-corrected chi connectivity index (χ0v) is 12.0. The van der Waals surface area contributed by atoms with Gasteiger partial charge in [0, 0.05) is 13.0 Å². The molecule has 2 rings (SSSR count). The van der Waals surface area contributed by atoms with Crippen molar-refractivity contribution in [3.63, 3.8) is 0 Å². The van der Waals surface area contributed by atoms with Crippen LogP contribution >= 0.6 is 0 Å². The highest BCUT2D eigenvalue weighted by atomic mass is 16.5. The van der Waals surface area contributed by atoms with E-state index < -0.39 is 0 Å². The number of benzene rings is 1. The summed E-state index contributed by atoms with van der Waals surface area (Å²) in [6.07, 6.45) is 4.67. The van der Waals surface area contributed by atoms with Crippen molar-refractivity contribution in [1.82, 2.24) is 0 Å². The van der Waals surface area contributed by atoms with Gasteiger partial charge in [-0.1, -0.05) is 44.2 Å². The molecular formula is C17H24O2. The van der Waals surface area contributed by atoms with Gasteiger partial charge < -0.3 is 4.74 Å². The van der Waals surface area contributed by atoms with Gasteiger partial charge in [0.25, 0.3) is 0 Å². The lowest BCUT2D eigenvalue weighted by atomic mass is 9.61. The summed E-state index contributed by atoms with van der Waals surface area (Å²) in [5.74, 6) is 0.394. The second-order valence-electron chi connectivity index (χ2n) is 5.44. The van der Waals surface area contributed by atoms with Crippen molar-refractivity contribution in [2.24, 2.45) is 5.41 Å². The van der Waals surface area contributed by atoms with Crippen LogP contribution in [0.4, 0.5) is 0 Å². The van der Waals surface area contributed by atoms with E-state index in [1.807, 2.05) is 6.07 Å². The molecule has 2 nitrogen and oxygen atoms in total. The number of carbonyl (C=O) groups is 1. The first-order valence-electron chi connectivity index (χ1n) is 7.41. The number of hydrogen-bond donors (Lipinski definition) is 0. The molecule has 1 unspecified atom stereocenters. The highest BCUT2D eigenvalue weighted by Crippen LogP contribution is 2.45. The molecule has 1 aromatic rings. The topological polar surface area (TPSA) is 26.3 Å². The zero-order chi connectivity index (χ0) is 13.7. The summed E-state index contributed by atoms with van der Waals surface area (Å²) < 4.78 is 5.95. The van der Waals surface area contributed by atoms with Gasteiger partial charge in [0.05, 0.1) is 11.5 Å². The molecule has 1 aliphatic rings. The van der Waals surface area contributed by atoms with E-state index in [2.05, 4.69) is 38.1 Å². The summed E-state index contributed by atoms with van der Waals surface area (Å²) in [4.78, 5) is 11.8. The molecule has 0 radical (unpaired) electrons. The third-order valence-corrected chi connectivity index (χ3v) is 4.58. The zero-order valence-electron chi connectivity index (χ0n) is 12.0. The minimum absolute atomic E-state index is 0.158. The Morgan fingerprint density at radius 2 is 1.89 bits per heavy atom. The summed E-state index contributed by atoms with van der Waals surface area (Å²) in [7, 11) is 0. The predicted molar refractivity (Wildman–Crippen MR) is 77.1 cm³/mol. The number of rotatable bonds is 7. The van der Waals surface area contributed by atoms with Crippen LogP contribution in [-0.4, -0.2) is 18.5 Å². The van der Waals surface area contributed by atoms with E-state index >= 15 is 0 Å². The van der Waals surface area contributed by atoms with E-state index in [1.54, 1.807) is 0 Å². The van der Waals surface area contributed by atoms with Gasteiger partial charge in [-0.05, 0) is 31.2 Å². The Balaban J connectivity index is 1.73. The minimum Gasteiger partial charge on any atom is -0.377 e. The third kappa shape index (κ3) is 2.89. The maximum Gasteiger partial charge on any atom is 0.144 e. The van der Waals surface area contributed by atoms with Gasteiger partial charge in [-0.15, -0.1) is 0 Å². The first-order valence-corrected chi connectivity index (χ1v) is 7.41. The number of aryl methyl sites for hydroxylation is 1. The fourth-order valence-corrected chi connectivity index (χ4v) is 3.08. The first kappa shape index (κ1) is 14.3. The molecule has 0 aromatic heterocycles. The summed E-state index contributed by atoms with van der Waals surface area (Å²) in [5, 5.41) is 0. The molecule has 19 heavy (non-hydrogen) atoms. The van der Waals surface area contributed by atoms with Crippen LogP contribution in [0.1, 0.15) is 45.1 Å². The molecule has 0 bridgehead atoms. The van der Waals surface area contributed by atoms with E-state index in [0.717, 1.165) is 32.3 Å². The highest BCUT2D eigenvalue weighted by Gasteiger charge is 2.52. The SMILES string of the molecule is CCC1(CC)C(=O)CC1OCCCc1ccccc1. The predicted octanol–water partition coefficient (Wildman–Crippen LogP) is 3.78. The Morgan fingerprint density at radius 1 is 1.21 bits per heavy atom. The molecule has 1 saturated carbocycles. The highest BCUT2D eigenvalue weighted by molar-refractivity contribution is 5.92. The second-order valence-corrected chi connectivity index (χ2v) is 5.44. The van der Waals surface area contributed by atoms with Crippen LogP contribution in [0.2, 0.25) is 0 Å². The Bertz CT molecular complexity index is 407. The quantitative estimate of drug-likeness (QED) is 0.697. The molecule has 0 amide bonds. The molecule has 1 aliphatic carbocycles. The van der Waals surface area contributed by atoms with E-state index in [9.17, 15) is 4.79 Å². The summed E-state index contributed by atoms with van der Waals surface area (Å²) in [6, 6.07) is 10.5. The van der Waals surface area contributed by atoms with Crippen LogP contribution < -0.4 is 0 Å². The fourth-order valence-electron chi connectivity index (χ4n) is 3.08. The summed E-state index contributed by atoms with van der Waals surface area (Å²) >= 11 is 0. The molecule has 2 heteroatoms. The monoisotopic (exact) mass is 260 g/mol. The largest absolute Gasteiger partial charge is 0.377 e.